The van der Waals surface area contributed by atoms with Crippen LogP contribution in [0.4, 0.5) is 0 Å². The molecule has 4 heteroatoms. The summed E-state index contributed by atoms with van der Waals surface area (Å²) >= 11 is 0. The Kier molecular flexibility index (Phi) is 5.90. The highest BCUT2D eigenvalue weighted by atomic mass is 16.5. The molecule has 0 heterocycles. The number of hydrogen-bond acceptors (Lipinski definition) is 4. The van der Waals surface area contributed by atoms with Gasteiger partial charge in [0.15, 0.2) is 0 Å². The average Bonchev–Trinajstić information content (AvgIpc) is 2.51. The number of benzene rings is 2. The van der Waals surface area contributed by atoms with Gasteiger partial charge in [0.25, 0.3) is 0 Å². The van der Waals surface area contributed by atoms with Crippen LogP contribution in [0.25, 0.3) is 12.2 Å². The number of carbonyl (C=O) groups excluding carboxylic acids is 2. The highest BCUT2D eigenvalue weighted by Gasteiger charge is 2.06. The van der Waals surface area contributed by atoms with Gasteiger partial charge in [0, 0.05) is 6.42 Å². The number of Topliss-reactive ketones (excluding diaryl/α,β-unsaturated/α-hetero) is 1. The Bertz CT molecular complexity index is 737. The highest BCUT2D eigenvalue weighted by Crippen LogP contribution is 2.19. The molecule has 0 unspecified atom stereocenters. The molecule has 0 bridgehead atoms. The molecule has 4 nitrogen and oxygen atoms in total. The molecule has 2 aromatic carbocycles. The van der Waals surface area contributed by atoms with Gasteiger partial charge >= 0.3 is 5.97 Å². The fourth-order valence-electron chi connectivity index (χ4n) is 2.19. The molecular weight excluding hydrogens is 304 g/mol. The molecule has 0 atom stereocenters. The first-order chi connectivity index (χ1) is 11.4. The monoisotopic (exact) mass is 324 g/mol. The van der Waals surface area contributed by atoms with E-state index in [0.717, 1.165) is 16.7 Å². The zero-order valence-corrected chi connectivity index (χ0v) is 13.8. The van der Waals surface area contributed by atoms with Crippen molar-refractivity contribution in [3.05, 3.63) is 59.2 Å². The van der Waals surface area contributed by atoms with Crippen molar-refractivity contribution in [2.24, 2.45) is 0 Å². The van der Waals surface area contributed by atoms with Crippen molar-refractivity contribution in [3.63, 3.8) is 0 Å². The van der Waals surface area contributed by atoms with E-state index < -0.39 is 5.97 Å². The van der Waals surface area contributed by atoms with Crippen molar-refractivity contribution in [2.45, 2.75) is 26.7 Å². The summed E-state index contributed by atoms with van der Waals surface area (Å²) in [4.78, 5) is 22.4. The summed E-state index contributed by atoms with van der Waals surface area (Å²) in [6.07, 6.45) is 4.10. The van der Waals surface area contributed by atoms with Crippen LogP contribution in [0.2, 0.25) is 0 Å². The Morgan fingerprint density at radius 3 is 2.29 bits per heavy atom. The van der Waals surface area contributed by atoms with Gasteiger partial charge in [-0.15, -0.1) is 0 Å². The van der Waals surface area contributed by atoms with Crippen LogP contribution in [0.5, 0.6) is 11.5 Å². The van der Waals surface area contributed by atoms with Gasteiger partial charge in [-0.3, -0.25) is 4.79 Å². The third kappa shape index (κ3) is 5.72. The van der Waals surface area contributed by atoms with E-state index >= 15 is 0 Å². The summed E-state index contributed by atoms with van der Waals surface area (Å²) in [6, 6.07) is 12.4. The van der Waals surface area contributed by atoms with Crippen molar-refractivity contribution in [1.29, 1.82) is 0 Å². The molecule has 2 rings (SSSR count). The van der Waals surface area contributed by atoms with Crippen LogP contribution in [0.1, 0.15) is 36.5 Å². The van der Waals surface area contributed by atoms with Crippen molar-refractivity contribution >= 4 is 23.9 Å². The van der Waals surface area contributed by atoms with Crippen molar-refractivity contribution in [2.75, 3.05) is 0 Å². The van der Waals surface area contributed by atoms with E-state index in [1.165, 1.54) is 6.92 Å². The Morgan fingerprint density at radius 1 is 1.00 bits per heavy atom. The Hall–Kier alpha value is -2.88. The van der Waals surface area contributed by atoms with Gasteiger partial charge in [-0.1, -0.05) is 30.4 Å². The van der Waals surface area contributed by atoms with Crippen molar-refractivity contribution in [1.82, 2.24) is 0 Å². The van der Waals surface area contributed by atoms with E-state index in [1.807, 2.05) is 37.3 Å². The minimum atomic E-state index is -0.413. The van der Waals surface area contributed by atoms with Gasteiger partial charge in [0.05, 0.1) is 6.42 Å². The maximum absolute atomic E-state index is 11.6. The predicted molar refractivity (Wildman–Crippen MR) is 93.8 cm³/mol. The lowest BCUT2D eigenvalue weighted by Gasteiger charge is -2.04. The molecule has 0 radical (unpaired) electrons. The van der Waals surface area contributed by atoms with E-state index in [9.17, 15) is 14.7 Å². The lowest BCUT2D eigenvalue weighted by atomic mass is 10.1. The minimum absolute atomic E-state index is 0.0328. The molecule has 24 heavy (non-hydrogen) atoms. The quantitative estimate of drug-likeness (QED) is 0.492. The van der Waals surface area contributed by atoms with Gasteiger partial charge in [0.1, 0.15) is 17.3 Å². The van der Waals surface area contributed by atoms with Crippen LogP contribution >= 0.6 is 0 Å². The predicted octanol–water partition coefficient (Wildman–Crippen LogP) is 4.15. The van der Waals surface area contributed by atoms with Gasteiger partial charge < -0.3 is 14.6 Å². The maximum Gasteiger partial charge on any atom is 0.311 e. The summed E-state index contributed by atoms with van der Waals surface area (Å²) in [7, 11) is 0. The smallest absolute Gasteiger partial charge is 0.311 e. The summed E-state index contributed by atoms with van der Waals surface area (Å²) in [5, 5.41) is 9.59. The van der Waals surface area contributed by atoms with Crippen molar-refractivity contribution in [3.8, 4) is 11.5 Å². The third-order valence-electron chi connectivity index (χ3n) is 3.35. The molecule has 1 N–H and O–H groups in total. The number of carbonyl (C=O) groups is 2. The topological polar surface area (TPSA) is 63.6 Å². The van der Waals surface area contributed by atoms with Crippen LogP contribution < -0.4 is 4.74 Å². The van der Waals surface area contributed by atoms with Crippen molar-refractivity contribution < 1.29 is 19.4 Å². The number of rotatable bonds is 6. The lowest BCUT2D eigenvalue weighted by molar-refractivity contribution is -0.135. The van der Waals surface area contributed by atoms with E-state index in [1.54, 1.807) is 24.3 Å². The summed E-state index contributed by atoms with van der Waals surface area (Å²) in [5.41, 5.74) is 2.84. The number of hydrogen-bond donors (Lipinski definition) is 1. The standard InChI is InChI=1S/C20H20O4/c1-14-11-17(13-18(22)12-14)5-4-16-6-8-19(9-7-16)24-20(23)10-3-15(2)21/h4-9,11-13,22H,3,10H2,1-2H3/b5-4+. The molecule has 0 fully saturated rings. The Balaban J connectivity index is 1.97. The van der Waals surface area contributed by atoms with E-state index in [2.05, 4.69) is 0 Å². The van der Waals surface area contributed by atoms with Gasteiger partial charge in [-0.25, -0.2) is 0 Å². The molecule has 0 aliphatic heterocycles. The van der Waals surface area contributed by atoms with E-state index in [-0.39, 0.29) is 24.4 Å². The fraction of sp³-hybridized carbons (Fsp3) is 0.200. The molecular formula is C20H20O4. The molecule has 0 saturated carbocycles. The number of phenolic OH excluding ortho intramolecular Hbond substituents is 1. The molecule has 0 amide bonds. The average molecular weight is 324 g/mol. The SMILES string of the molecule is CC(=O)CCC(=O)Oc1ccc(/C=C/c2cc(C)cc(O)c2)cc1. The van der Waals surface area contributed by atoms with Crippen LogP contribution in [-0.2, 0) is 9.59 Å². The highest BCUT2D eigenvalue weighted by molar-refractivity contribution is 5.82. The van der Waals surface area contributed by atoms with Gasteiger partial charge in [-0.05, 0) is 54.8 Å². The normalized spacial score (nSPS) is 10.8. The lowest BCUT2D eigenvalue weighted by Crippen LogP contribution is -2.09. The van der Waals surface area contributed by atoms with Crippen LogP contribution in [0.3, 0.4) is 0 Å². The number of aryl methyl sites for hydroxylation is 1. The Morgan fingerprint density at radius 2 is 1.67 bits per heavy atom. The van der Waals surface area contributed by atoms with Gasteiger partial charge in [-0.2, -0.15) is 0 Å². The maximum atomic E-state index is 11.6. The van der Waals surface area contributed by atoms with Crippen LogP contribution in [-0.4, -0.2) is 16.9 Å². The summed E-state index contributed by atoms with van der Waals surface area (Å²) in [6.45, 7) is 3.37. The number of phenols is 1. The number of esters is 1. The second-order valence-corrected chi connectivity index (χ2v) is 5.68. The summed E-state index contributed by atoms with van der Waals surface area (Å²) < 4.78 is 5.17. The zero-order valence-electron chi connectivity index (χ0n) is 13.8. The molecule has 0 saturated heterocycles. The number of ether oxygens (including phenoxy) is 1. The minimum Gasteiger partial charge on any atom is -0.508 e. The number of ketones is 1. The molecule has 0 aliphatic carbocycles. The van der Waals surface area contributed by atoms with Crippen LogP contribution in [0, 0.1) is 6.92 Å². The second kappa shape index (κ2) is 8.11. The zero-order chi connectivity index (χ0) is 17.5. The van der Waals surface area contributed by atoms with E-state index in [4.69, 9.17) is 4.74 Å². The van der Waals surface area contributed by atoms with Crippen LogP contribution in [0.15, 0.2) is 42.5 Å². The molecule has 0 aromatic heterocycles. The third-order valence-corrected chi connectivity index (χ3v) is 3.35. The van der Waals surface area contributed by atoms with Gasteiger partial charge in [0.2, 0.25) is 0 Å². The largest absolute Gasteiger partial charge is 0.508 e. The number of aromatic hydroxyl groups is 1. The summed E-state index contributed by atoms with van der Waals surface area (Å²) in [5.74, 6) is 0.245. The first-order valence-electron chi connectivity index (χ1n) is 7.71. The second-order valence-electron chi connectivity index (χ2n) is 5.68. The fourth-order valence-corrected chi connectivity index (χ4v) is 2.19. The molecule has 0 aliphatic rings. The van der Waals surface area contributed by atoms with E-state index in [0.29, 0.717) is 5.75 Å². The molecule has 124 valence electrons. The first-order valence-corrected chi connectivity index (χ1v) is 7.71. The Labute approximate surface area is 141 Å². The molecule has 2 aromatic rings. The molecule has 0 spiro atoms. The first kappa shape index (κ1) is 17.5.